The van der Waals surface area contributed by atoms with Crippen LogP contribution in [0.2, 0.25) is 0 Å². The van der Waals surface area contributed by atoms with Crippen molar-refractivity contribution in [2.45, 2.75) is 0 Å². The zero-order chi connectivity index (χ0) is 13.9. The van der Waals surface area contributed by atoms with E-state index in [-0.39, 0.29) is 51.4 Å². The normalized spacial score (nSPS) is 6.88. The van der Waals surface area contributed by atoms with Crippen LogP contribution >= 0.6 is 0 Å². The van der Waals surface area contributed by atoms with Gasteiger partial charge in [-0.15, -0.1) is 0 Å². The van der Waals surface area contributed by atoms with Crippen LogP contribution in [0.5, 0.6) is 0 Å². The van der Waals surface area contributed by atoms with Gasteiger partial charge < -0.3 is 25.3 Å². The van der Waals surface area contributed by atoms with Crippen molar-refractivity contribution in [2.24, 2.45) is 0 Å². The Morgan fingerprint density at radius 3 is 0.941 bits per heavy atom. The Kier molecular flexibility index (Phi) is 23.6. The molecule has 0 spiro atoms. The van der Waals surface area contributed by atoms with Gasteiger partial charge in [-0.05, 0) is 0 Å². The Labute approximate surface area is 135 Å². The monoisotopic (exact) mass is 284 g/mol. The molecule has 0 aliphatic heterocycles. The summed E-state index contributed by atoms with van der Waals surface area (Å²) in [5.41, 5.74) is 0. The molecule has 0 atom stereocenters. The van der Waals surface area contributed by atoms with Gasteiger partial charge in [0.25, 0.3) is 0 Å². The Morgan fingerprint density at radius 2 is 0.941 bits per heavy atom. The Hall–Kier alpha value is -0.279. The van der Waals surface area contributed by atoms with Crippen LogP contribution < -0.4 is 56.4 Å². The number of rotatable bonds is 2. The molecule has 0 aliphatic carbocycles. The molecular formula is C4H4BF2KO9. The summed E-state index contributed by atoms with van der Waals surface area (Å²) in [6.45, 7) is 0. The summed E-state index contributed by atoms with van der Waals surface area (Å²) in [7, 11) is -2.42. The third-order valence-electron chi connectivity index (χ3n) is 0.336. The van der Waals surface area contributed by atoms with Gasteiger partial charge in [-0.1, -0.05) is 0 Å². The Balaban J connectivity index is -0.0000000741. The minimum absolute atomic E-state index is 0. The fourth-order valence-electron chi connectivity index (χ4n) is 0. The number of aliphatic carboxylic acids is 2. The number of carbonyl (C=O) groups is 4. The van der Waals surface area contributed by atoms with Gasteiger partial charge >= 0.3 is 82.7 Å². The Bertz CT molecular complexity index is 219. The van der Waals surface area contributed by atoms with Crippen LogP contribution in [0.15, 0.2) is 0 Å². The topological polar surface area (TPSA) is 172 Å². The van der Waals surface area contributed by atoms with E-state index in [1.165, 1.54) is 0 Å². The molecule has 0 unspecified atom stereocenters. The fraction of sp³-hybridized carbons (Fsp3) is 0. The third-order valence-corrected chi connectivity index (χ3v) is 0.336. The fourth-order valence-corrected chi connectivity index (χ4v) is 0. The van der Waals surface area contributed by atoms with E-state index in [0.29, 0.717) is 0 Å². The SMILES string of the molecule is O=C(O)C(=O)F.O=C(O)C(=O)F.[K+].[O-]B(O)O. The summed E-state index contributed by atoms with van der Waals surface area (Å²) in [5, 5.41) is 37.3. The largest absolute Gasteiger partial charge is 1.00 e. The molecule has 4 N–H and O–H groups in total. The van der Waals surface area contributed by atoms with Gasteiger partial charge in [0.05, 0.1) is 0 Å². The first-order valence-corrected chi connectivity index (χ1v) is 2.89. The van der Waals surface area contributed by atoms with Crippen LogP contribution in [0.3, 0.4) is 0 Å². The second-order valence-electron chi connectivity index (χ2n) is 1.48. The second-order valence-corrected chi connectivity index (χ2v) is 1.48. The van der Waals surface area contributed by atoms with Gasteiger partial charge in [-0.2, -0.15) is 8.78 Å². The van der Waals surface area contributed by atoms with E-state index >= 15 is 0 Å². The molecule has 0 aromatic heterocycles. The van der Waals surface area contributed by atoms with Crippen molar-refractivity contribution in [1.29, 1.82) is 0 Å². The minimum Gasteiger partial charge on any atom is -0.832 e. The molecule has 0 aromatic carbocycles. The number of halogens is 2. The average molecular weight is 284 g/mol. The summed E-state index contributed by atoms with van der Waals surface area (Å²) in [6, 6.07) is -4.65. The molecule has 0 rings (SSSR count). The van der Waals surface area contributed by atoms with E-state index in [4.69, 9.17) is 44.5 Å². The van der Waals surface area contributed by atoms with Crippen LogP contribution in [-0.4, -0.2) is 51.6 Å². The first-order valence-electron chi connectivity index (χ1n) is 2.89. The van der Waals surface area contributed by atoms with Crippen molar-refractivity contribution in [3.05, 3.63) is 0 Å². The molecule has 0 aromatic rings. The quantitative estimate of drug-likeness (QED) is 0.218. The maximum absolute atomic E-state index is 10.6. The number of hydrogen-bond acceptors (Lipinski definition) is 7. The maximum atomic E-state index is 10.6. The van der Waals surface area contributed by atoms with E-state index < -0.39 is 31.3 Å². The molecule has 0 saturated heterocycles. The van der Waals surface area contributed by atoms with Gasteiger partial charge in [-0.3, -0.25) is 0 Å². The molecule has 0 amide bonds. The number of carboxylic acid groups (broad SMARTS) is 2. The van der Waals surface area contributed by atoms with E-state index in [0.717, 1.165) is 0 Å². The van der Waals surface area contributed by atoms with Crippen LogP contribution in [-0.2, 0) is 19.2 Å². The van der Waals surface area contributed by atoms with E-state index in [9.17, 15) is 8.78 Å². The van der Waals surface area contributed by atoms with Gasteiger partial charge in [0.2, 0.25) is 0 Å². The molecule has 17 heavy (non-hydrogen) atoms. The summed E-state index contributed by atoms with van der Waals surface area (Å²) in [5.74, 6) is -4.09. The van der Waals surface area contributed by atoms with E-state index in [2.05, 4.69) is 0 Å². The first-order chi connectivity index (χ1) is 7.02. The van der Waals surface area contributed by atoms with Crippen molar-refractivity contribution in [3.8, 4) is 0 Å². The number of carboxylic acids is 2. The molecule has 0 fully saturated rings. The Morgan fingerprint density at radius 1 is 0.882 bits per heavy atom. The van der Waals surface area contributed by atoms with Crippen LogP contribution in [0.1, 0.15) is 0 Å². The van der Waals surface area contributed by atoms with Crippen LogP contribution in [0, 0.1) is 0 Å². The molecule has 0 aliphatic rings. The smallest absolute Gasteiger partial charge is 0.832 e. The zero-order valence-electron chi connectivity index (χ0n) is 8.16. The molecule has 92 valence electrons. The predicted molar refractivity (Wildman–Crippen MR) is 37.7 cm³/mol. The molecule has 0 radical (unpaired) electrons. The summed E-state index contributed by atoms with van der Waals surface area (Å²) in [4.78, 5) is 35.7. The van der Waals surface area contributed by atoms with Crippen LogP contribution in [0.4, 0.5) is 8.78 Å². The average Bonchev–Trinajstić information content (AvgIpc) is 2.03. The number of carbonyl (C=O) groups excluding carboxylic acids is 2. The maximum Gasteiger partial charge on any atom is 1.00 e. The van der Waals surface area contributed by atoms with Crippen molar-refractivity contribution < 1.29 is 105 Å². The minimum atomic E-state index is -2.42. The van der Waals surface area contributed by atoms with Gasteiger partial charge in [-0.25, -0.2) is 19.2 Å². The van der Waals surface area contributed by atoms with Crippen molar-refractivity contribution in [3.63, 3.8) is 0 Å². The first kappa shape index (κ1) is 25.5. The van der Waals surface area contributed by atoms with Crippen molar-refractivity contribution >= 4 is 31.3 Å². The standard InChI is InChI=1S/2C2HFO3.BH2O3.K/c2*3-1(4)2(5)6;2-1(3)4;/h2*(H,5,6);2-3H;/q;;-1;+1. The van der Waals surface area contributed by atoms with Crippen molar-refractivity contribution in [1.82, 2.24) is 0 Å². The zero-order valence-corrected chi connectivity index (χ0v) is 11.3. The molecule has 0 heterocycles. The van der Waals surface area contributed by atoms with Gasteiger partial charge in [0, 0.05) is 0 Å². The van der Waals surface area contributed by atoms with E-state index in [1.807, 2.05) is 0 Å². The number of hydrogen-bond donors (Lipinski definition) is 4. The van der Waals surface area contributed by atoms with E-state index in [1.54, 1.807) is 0 Å². The molecule has 0 bridgehead atoms. The summed E-state index contributed by atoms with van der Waals surface area (Å²) >= 11 is 0. The van der Waals surface area contributed by atoms with Gasteiger partial charge in [0.1, 0.15) is 0 Å². The molecule has 13 heteroatoms. The van der Waals surface area contributed by atoms with Crippen molar-refractivity contribution in [2.75, 3.05) is 0 Å². The summed E-state index contributed by atoms with van der Waals surface area (Å²) in [6.07, 6.45) is 0. The molecular weight excluding hydrogens is 280 g/mol. The second kappa shape index (κ2) is 15.7. The third kappa shape index (κ3) is 49.6. The molecule has 0 saturated carbocycles. The van der Waals surface area contributed by atoms with Crippen LogP contribution in [0.25, 0.3) is 0 Å². The summed E-state index contributed by atoms with van der Waals surface area (Å²) < 4.78 is 21.2. The molecule has 9 nitrogen and oxygen atoms in total. The van der Waals surface area contributed by atoms with Gasteiger partial charge in [0.15, 0.2) is 0 Å². The predicted octanol–water partition coefficient (Wildman–Crippen LogP) is -6.55.